The van der Waals surface area contributed by atoms with E-state index in [2.05, 4.69) is 44.3 Å². The second-order valence-electron chi connectivity index (χ2n) is 8.89. The molecule has 0 bridgehead atoms. The van der Waals surface area contributed by atoms with E-state index in [0.29, 0.717) is 5.39 Å². The largest absolute Gasteiger partial charge is 0.497 e. The monoisotopic (exact) mass is 479 g/mol. The van der Waals surface area contributed by atoms with Gasteiger partial charge in [0.05, 0.1) is 24.2 Å². The molecule has 1 aliphatic rings. The number of rotatable bonds is 5. The Balaban J connectivity index is 0.000000286. The van der Waals surface area contributed by atoms with Gasteiger partial charge in [-0.25, -0.2) is 4.98 Å². The lowest BCUT2D eigenvalue weighted by atomic mass is 10.1. The minimum atomic E-state index is -0.0770. The van der Waals surface area contributed by atoms with Crippen molar-refractivity contribution in [3.05, 3.63) is 113 Å². The summed E-state index contributed by atoms with van der Waals surface area (Å²) in [7, 11) is 1.66. The Labute approximate surface area is 209 Å². The van der Waals surface area contributed by atoms with Crippen LogP contribution in [0.2, 0.25) is 0 Å². The first-order valence-corrected chi connectivity index (χ1v) is 12.1. The smallest absolute Gasteiger partial charge is 0.258 e. The fourth-order valence-electron chi connectivity index (χ4n) is 4.54. The van der Waals surface area contributed by atoms with E-state index < -0.39 is 0 Å². The van der Waals surface area contributed by atoms with Gasteiger partial charge in [0.2, 0.25) is 0 Å². The summed E-state index contributed by atoms with van der Waals surface area (Å²) in [4.78, 5) is 22.9. The standard InChI is InChI=1S/C22H21N5O.C7H8O/c28-22-19-10-16(18-11-23-24-12-18)6-7-20(19)25-21(26-22)17-8-9-27(14-17)13-15-4-2-1-3-5-15;1-8-7-5-3-2-4-6-7/h1-7,10-12,17H,8-9,13-14H2,(H,23,24)(H,25,26,28);2-6H,1H3. The van der Waals surface area contributed by atoms with E-state index in [1.54, 1.807) is 13.3 Å². The van der Waals surface area contributed by atoms with Gasteiger partial charge in [0, 0.05) is 30.8 Å². The molecule has 0 saturated carbocycles. The van der Waals surface area contributed by atoms with Gasteiger partial charge >= 0.3 is 0 Å². The van der Waals surface area contributed by atoms with Gasteiger partial charge in [0.1, 0.15) is 11.6 Å². The third kappa shape index (κ3) is 5.53. The minimum absolute atomic E-state index is 0.0770. The average molecular weight is 480 g/mol. The topological polar surface area (TPSA) is 86.9 Å². The van der Waals surface area contributed by atoms with Crippen LogP contribution < -0.4 is 10.3 Å². The number of aromatic amines is 2. The Morgan fingerprint density at radius 3 is 2.47 bits per heavy atom. The van der Waals surface area contributed by atoms with Crippen LogP contribution in [0.4, 0.5) is 0 Å². The van der Waals surface area contributed by atoms with Gasteiger partial charge in [-0.05, 0) is 48.4 Å². The van der Waals surface area contributed by atoms with Crippen molar-refractivity contribution < 1.29 is 4.74 Å². The van der Waals surface area contributed by atoms with Crippen LogP contribution in [0, 0.1) is 0 Å². The number of methoxy groups -OCH3 is 1. The van der Waals surface area contributed by atoms with E-state index in [4.69, 9.17) is 9.72 Å². The summed E-state index contributed by atoms with van der Waals surface area (Å²) in [6.07, 6.45) is 4.57. The van der Waals surface area contributed by atoms with Gasteiger partial charge in [-0.3, -0.25) is 14.8 Å². The quantitative estimate of drug-likeness (QED) is 0.371. The maximum Gasteiger partial charge on any atom is 0.258 e. The van der Waals surface area contributed by atoms with E-state index >= 15 is 0 Å². The maximum atomic E-state index is 12.7. The molecule has 0 aliphatic carbocycles. The molecule has 0 radical (unpaired) electrons. The van der Waals surface area contributed by atoms with Crippen molar-refractivity contribution in [3.8, 4) is 16.9 Å². The van der Waals surface area contributed by atoms with Crippen LogP contribution in [-0.2, 0) is 6.54 Å². The summed E-state index contributed by atoms with van der Waals surface area (Å²) >= 11 is 0. The highest BCUT2D eigenvalue weighted by Crippen LogP contribution is 2.27. The van der Waals surface area contributed by atoms with E-state index in [1.165, 1.54) is 5.56 Å². The van der Waals surface area contributed by atoms with E-state index in [9.17, 15) is 4.79 Å². The number of likely N-dealkylation sites (tertiary alicyclic amines) is 1. The molecule has 36 heavy (non-hydrogen) atoms. The minimum Gasteiger partial charge on any atom is -0.497 e. The molecule has 1 atom stereocenters. The SMILES string of the molecule is COc1ccccc1.O=c1[nH]c(C2CCN(Cc3ccccc3)C2)nc2ccc(-c3cn[nH]c3)cc12. The lowest BCUT2D eigenvalue weighted by molar-refractivity contribution is 0.326. The third-order valence-corrected chi connectivity index (χ3v) is 6.44. The molecule has 2 aromatic heterocycles. The van der Waals surface area contributed by atoms with Crippen molar-refractivity contribution in [2.45, 2.75) is 18.9 Å². The fourth-order valence-corrected chi connectivity index (χ4v) is 4.54. The number of nitrogens with one attached hydrogen (secondary N) is 2. The summed E-state index contributed by atoms with van der Waals surface area (Å²) < 4.78 is 4.91. The number of para-hydroxylation sites is 1. The Kier molecular flexibility index (Phi) is 7.19. The summed E-state index contributed by atoms with van der Waals surface area (Å²) in [5, 5.41) is 7.39. The molecule has 1 saturated heterocycles. The van der Waals surface area contributed by atoms with Gasteiger partial charge in [-0.2, -0.15) is 5.10 Å². The number of ether oxygens (including phenoxy) is 1. The first-order valence-electron chi connectivity index (χ1n) is 12.1. The molecule has 7 heteroatoms. The van der Waals surface area contributed by atoms with Crippen molar-refractivity contribution in [3.63, 3.8) is 0 Å². The Morgan fingerprint density at radius 2 is 1.78 bits per heavy atom. The zero-order chi connectivity index (χ0) is 24.7. The number of hydrogen-bond acceptors (Lipinski definition) is 5. The van der Waals surface area contributed by atoms with Crippen LogP contribution in [0.1, 0.15) is 23.7 Å². The molecule has 7 nitrogen and oxygen atoms in total. The molecule has 182 valence electrons. The van der Waals surface area contributed by atoms with Crippen LogP contribution in [0.15, 0.2) is 96.1 Å². The predicted octanol–water partition coefficient (Wildman–Crippen LogP) is 5.00. The van der Waals surface area contributed by atoms with Crippen molar-refractivity contribution in [2.24, 2.45) is 0 Å². The Hall–Kier alpha value is -4.23. The first-order chi connectivity index (χ1) is 17.7. The number of fused-ring (bicyclic) bond motifs is 1. The van der Waals surface area contributed by atoms with Gasteiger partial charge in [-0.1, -0.05) is 54.6 Å². The Bertz CT molecular complexity index is 1450. The van der Waals surface area contributed by atoms with Crippen molar-refractivity contribution >= 4 is 10.9 Å². The molecule has 1 aliphatic heterocycles. The molecule has 3 aromatic carbocycles. The molecule has 0 amide bonds. The highest BCUT2D eigenvalue weighted by molar-refractivity contribution is 5.83. The summed E-state index contributed by atoms with van der Waals surface area (Å²) in [5.41, 5.74) is 3.89. The van der Waals surface area contributed by atoms with Crippen LogP contribution in [-0.4, -0.2) is 45.3 Å². The number of benzene rings is 3. The third-order valence-electron chi connectivity index (χ3n) is 6.44. The molecular formula is C29H29N5O2. The number of H-pyrrole nitrogens is 2. The van der Waals surface area contributed by atoms with Crippen molar-refractivity contribution in [1.82, 2.24) is 25.1 Å². The van der Waals surface area contributed by atoms with E-state index in [0.717, 1.165) is 54.3 Å². The summed E-state index contributed by atoms with van der Waals surface area (Å²) in [6.45, 7) is 2.86. The molecule has 5 aromatic rings. The molecule has 1 unspecified atom stereocenters. The predicted molar refractivity (Wildman–Crippen MR) is 142 cm³/mol. The molecule has 1 fully saturated rings. The van der Waals surface area contributed by atoms with Gasteiger partial charge in [0.15, 0.2) is 0 Å². The maximum absolute atomic E-state index is 12.7. The fraction of sp³-hybridized carbons (Fsp3) is 0.207. The zero-order valence-corrected chi connectivity index (χ0v) is 20.2. The summed E-state index contributed by atoms with van der Waals surface area (Å²) in [5.74, 6) is 1.96. The summed E-state index contributed by atoms with van der Waals surface area (Å²) in [6, 6.07) is 26.0. The Morgan fingerprint density at radius 1 is 1.00 bits per heavy atom. The molecule has 3 heterocycles. The van der Waals surface area contributed by atoms with Crippen molar-refractivity contribution in [2.75, 3.05) is 20.2 Å². The normalized spacial score (nSPS) is 15.4. The van der Waals surface area contributed by atoms with Crippen molar-refractivity contribution in [1.29, 1.82) is 0 Å². The number of aromatic nitrogens is 4. The van der Waals surface area contributed by atoms with Crippen LogP contribution in [0.25, 0.3) is 22.0 Å². The molecule has 2 N–H and O–H groups in total. The second-order valence-corrected chi connectivity index (χ2v) is 8.89. The van der Waals surface area contributed by atoms with E-state index in [-0.39, 0.29) is 11.5 Å². The highest BCUT2D eigenvalue weighted by Gasteiger charge is 2.26. The van der Waals surface area contributed by atoms with Crippen LogP contribution >= 0.6 is 0 Å². The average Bonchev–Trinajstić information content (AvgIpc) is 3.63. The molecule has 6 rings (SSSR count). The van der Waals surface area contributed by atoms with Crippen LogP contribution in [0.5, 0.6) is 5.75 Å². The number of nitrogens with zero attached hydrogens (tertiary/aromatic N) is 3. The molecule has 0 spiro atoms. The van der Waals surface area contributed by atoms with E-state index in [1.807, 2.05) is 60.8 Å². The first kappa shape index (κ1) is 23.5. The molecular weight excluding hydrogens is 450 g/mol. The zero-order valence-electron chi connectivity index (χ0n) is 20.2. The van der Waals surface area contributed by atoms with Gasteiger partial charge in [0.25, 0.3) is 5.56 Å². The van der Waals surface area contributed by atoms with Crippen LogP contribution in [0.3, 0.4) is 0 Å². The second kappa shape index (κ2) is 11.0. The lowest BCUT2D eigenvalue weighted by Gasteiger charge is -2.16. The lowest BCUT2D eigenvalue weighted by Crippen LogP contribution is -2.21. The highest BCUT2D eigenvalue weighted by atomic mass is 16.5. The van der Waals surface area contributed by atoms with Gasteiger partial charge in [-0.15, -0.1) is 0 Å². The van der Waals surface area contributed by atoms with Gasteiger partial charge < -0.3 is 9.72 Å². The number of hydrogen-bond donors (Lipinski definition) is 2.